The Kier molecular flexibility index (Phi) is 4.75. The summed E-state index contributed by atoms with van der Waals surface area (Å²) >= 11 is 0. The molecule has 0 amide bonds. The molecule has 0 fully saturated rings. The van der Waals surface area contributed by atoms with E-state index in [4.69, 9.17) is 5.26 Å². The molecule has 9 heteroatoms. The smallest absolute Gasteiger partial charge is 0.258 e. The van der Waals surface area contributed by atoms with Crippen LogP contribution in [-0.2, 0) is 10.0 Å². The van der Waals surface area contributed by atoms with Crippen LogP contribution in [0, 0.1) is 27.3 Å². The maximum Gasteiger partial charge on any atom is 0.304 e. The number of benzene rings is 1. The number of halogens is 1. The number of nitro benzene ring substituents is 1. The van der Waals surface area contributed by atoms with Gasteiger partial charge in [-0.05, 0) is 19.9 Å². The van der Waals surface area contributed by atoms with E-state index in [1.54, 1.807) is 19.9 Å². The van der Waals surface area contributed by atoms with Crippen LogP contribution < -0.4 is 0 Å². The number of nitrogens with zero attached hydrogens (tertiary/aromatic N) is 3. The molecule has 1 rings (SSSR count). The summed E-state index contributed by atoms with van der Waals surface area (Å²) in [6, 6.07) is 3.53. The van der Waals surface area contributed by atoms with Crippen LogP contribution in [0.4, 0.5) is 10.1 Å². The first kappa shape index (κ1) is 16.0. The van der Waals surface area contributed by atoms with E-state index in [2.05, 4.69) is 0 Å². The Labute approximate surface area is 115 Å². The highest BCUT2D eigenvalue weighted by molar-refractivity contribution is 7.89. The van der Waals surface area contributed by atoms with E-state index in [1.165, 1.54) is 0 Å². The van der Waals surface area contributed by atoms with Crippen molar-refractivity contribution in [1.82, 2.24) is 4.31 Å². The zero-order valence-corrected chi connectivity index (χ0v) is 11.6. The Bertz CT molecular complexity index is 667. The zero-order valence-electron chi connectivity index (χ0n) is 10.8. The van der Waals surface area contributed by atoms with Crippen molar-refractivity contribution >= 4 is 15.7 Å². The molecular weight excluding hydrogens is 289 g/mol. The van der Waals surface area contributed by atoms with Gasteiger partial charge in [0, 0.05) is 18.2 Å². The first-order chi connectivity index (χ1) is 9.21. The summed E-state index contributed by atoms with van der Waals surface area (Å²) in [7, 11) is -4.08. The lowest BCUT2D eigenvalue weighted by molar-refractivity contribution is -0.387. The monoisotopic (exact) mass is 301 g/mol. The maximum atomic E-state index is 13.5. The lowest BCUT2D eigenvalue weighted by Gasteiger charge is -2.22. The van der Waals surface area contributed by atoms with Gasteiger partial charge in [0.15, 0.2) is 0 Å². The van der Waals surface area contributed by atoms with E-state index >= 15 is 0 Å². The number of rotatable bonds is 5. The largest absolute Gasteiger partial charge is 0.304 e. The average molecular weight is 301 g/mol. The van der Waals surface area contributed by atoms with E-state index in [9.17, 15) is 22.9 Å². The molecule has 7 nitrogen and oxygen atoms in total. The lowest BCUT2D eigenvalue weighted by atomic mass is 10.3. The Morgan fingerprint density at radius 2 is 2.10 bits per heavy atom. The number of hydrogen-bond acceptors (Lipinski definition) is 5. The number of nitriles is 1. The molecule has 1 aromatic rings. The Balaban J connectivity index is 3.32. The van der Waals surface area contributed by atoms with Gasteiger partial charge < -0.3 is 0 Å². The summed E-state index contributed by atoms with van der Waals surface area (Å²) in [4.78, 5) is 9.12. The first-order valence-electron chi connectivity index (χ1n) is 5.54. The highest BCUT2D eigenvalue weighted by Crippen LogP contribution is 2.24. The van der Waals surface area contributed by atoms with Crippen LogP contribution in [0.1, 0.15) is 13.8 Å². The standard InChI is InChI=1S/C11H12FN3O4S/c1-8(2)14(6-5-13)20(18,19)9-3-4-11(15(16)17)10(12)7-9/h3-4,7-8H,6H2,1-2H3. The normalized spacial score (nSPS) is 11.6. The molecule has 0 heterocycles. The quantitative estimate of drug-likeness (QED) is 0.467. The van der Waals surface area contributed by atoms with Gasteiger partial charge in [-0.25, -0.2) is 8.42 Å². The van der Waals surface area contributed by atoms with Gasteiger partial charge >= 0.3 is 5.69 Å². The Morgan fingerprint density at radius 3 is 2.50 bits per heavy atom. The van der Waals surface area contributed by atoms with Crippen molar-refractivity contribution in [3.8, 4) is 6.07 Å². The zero-order chi connectivity index (χ0) is 15.5. The second-order valence-corrected chi connectivity index (χ2v) is 6.06. The highest BCUT2D eigenvalue weighted by atomic mass is 32.2. The van der Waals surface area contributed by atoms with Crippen LogP contribution in [0.5, 0.6) is 0 Å². The fourth-order valence-electron chi connectivity index (χ4n) is 1.55. The van der Waals surface area contributed by atoms with Crippen molar-refractivity contribution in [2.45, 2.75) is 24.8 Å². The van der Waals surface area contributed by atoms with Gasteiger partial charge in [-0.3, -0.25) is 10.1 Å². The summed E-state index contributed by atoms with van der Waals surface area (Å²) in [5.41, 5.74) is -0.805. The van der Waals surface area contributed by atoms with Crippen LogP contribution in [0.2, 0.25) is 0 Å². The van der Waals surface area contributed by atoms with Crippen molar-refractivity contribution in [3.05, 3.63) is 34.1 Å². The summed E-state index contributed by atoms with van der Waals surface area (Å²) in [5, 5.41) is 19.1. The SMILES string of the molecule is CC(C)N(CC#N)S(=O)(=O)c1ccc([N+](=O)[O-])c(F)c1. The lowest BCUT2D eigenvalue weighted by Crippen LogP contribution is -2.37. The fourth-order valence-corrected chi connectivity index (χ4v) is 3.09. The molecule has 20 heavy (non-hydrogen) atoms. The van der Waals surface area contributed by atoms with Gasteiger partial charge in [-0.2, -0.15) is 14.0 Å². The van der Waals surface area contributed by atoms with Crippen molar-refractivity contribution in [2.75, 3.05) is 6.54 Å². The molecule has 1 aromatic carbocycles. The third-order valence-electron chi connectivity index (χ3n) is 2.52. The first-order valence-corrected chi connectivity index (χ1v) is 6.98. The molecule has 0 aliphatic heterocycles. The van der Waals surface area contributed by atoms with Gasteiger partial charge in [0.1, 0.15) is 6.54 Å². The minimum absolute atomic E-state index is 0.390. The van der Waals surface area contributed by atoms with E-state index in [0.717, 1.165) is 16.4 Å². The van der Waals surface area contributed by atoms with Crippen molar-refractivity contribution < 1.29 is 17.7 Å². The van der Waals surface area contributed by atoms with Gasteiger partial charge in [0.2, 0.25) is 15.8 Å². The van der Waals surface area contributed by atoms with Crippen LogP contribution in [0.15, 0.2) is 23.1 Å². The average Bonchev–Trinajstić information content (AvgIpc) is 2.34. The number of sulfonamides is 1. The fraction of sp³-hybridized carbons (Fsp3) is 0.364. The molecule has 0 radical (unpaired) electrons. The summed E-state index contributed by atoms with van der Waals surface area (Å²) < 4.78 is 38.8. The molecule has 108 valence electrons. The third kappa shape index (κ3) is 3.09. The molecule has 0 spiro atoms. The second kappa shape index (κ2) is 5.94. The van der Waals surface area contributed by atoms with Crippen LogP contribution in [-0.4, -0.2) is 30.2 Å². The molecule has 0 aromatic heterocycles. The summed E-state index contributed by atoms with van der Waals surface area (Å²) in [6.45, 7) is 2.74. The van der Waals surface area contributed by atoms with E-state index in [0.29, 0.717) is 6.07 Å². The molecule has 0 N–H and O–H groups in total. The van der Waals surface area contributed by atoms with Gasteiger partial charge in [-0.1, -0.05) is 0 Å². The molecule has 0 aliphatic rings. The highest BCUT2D eigenvalue weighted by Gasteiger charge is 2.28. The summed E-state index contributed by atoms with van der Waals surface area (Å²) in [5.74, 6) is -1.24. The van der Waals surface area contributed by atoms with Gasteiger partial charge in [-0.15, -0.1) is 0 Å². The second-order valence-electron chi connectivity index (χ2n) is 4.17. The molecule has 0 saturated carbocycles. The molecule has 0 bridgehead atoms. The number of nitro groups is 1. The minimum Gasteiger partial charge on any atom is -0.258 e. The van der Waals surface area contributed by atoms with Crippen LogP contribution >= 0.6 is 0 Å². The van der Waals surface area contributed by atoms with E-state index < -0.39 is 43.9 Å². The summed E-state index contributed by atoms with van der Waals surface area (Å²) in [6.07, 6.45) is 0. The molecule has 0 saturated heterocycles. The molecule has 0 atom stereocenters. The van der Waals surface area contributed by atoms with Gasteiger partial charge in [0.25, 0.3) is 0 Å². The van der Waals surface area contributed by atoms with E-state index in [-0.39, 0.29) is 0 Å². The minimum atomic E-state index is -4.08. The molecule has 0 unspecified atom stereocenters. The Hall–Kier alpha value is -2.05. The van der Waals surface area contributed by atoms with Crippen molar-refractivity contribution in [2.24, 2.45) is 0 Å². The molecular formula is C11H12FN3O4S. The number of hydrogen-bond donors (Lipinski definition) is 0. The Morgan fingerprint density at radius 1 is 1.50 bits per heavy atom. The van der Waals surface area contributed by atoms with Crippen molar-refractivity contribution in [1.29, 1.82) is 5.26 Å². The topological polar surface area (TPSA) is 104 Å². The molecule has 0 aliphatic carbocycles. The van der Waals surface area contributed by atoms with E-state index in [1.807, 2.05) is 0 Å². The van der Waals surface area contributed by atoms with Crippen molar-refractivity contribution in [3.63, 3.8) is 0 Å². The maximum absolute atomic E-state index is 13.5. The van der Waals surface area contributed by atoms with Gasteiger partial charge in [0.05, 0.1) is 15.9 Å². The third-order valence-corrected chi connectivity index (χ3v) is 4.54. The predicted molar refractivity (Wildman–Crippen MR) is 67.7 cm³/mol. The predicted octanol–water partition coefficient (Wildman–Crippen LogP) is 1.66. The van der Waals surface area contributed by atoms with Crippen LogP contribution in [0.3, 0.4) is 0 Å². The van der Waals surface area contributed by atoms with Crippen LogP contribution in [0.25, 0.3) is 0 Å².